The first kappa shape index (κ1) is 13.0. The molecule has 0 saturated carbocycles. The fourth-order valence-corrected chi connectivity index (χ4v) is 2.60. The minimum atomic E-state index is -0.712. The number of nitrogens with two attached hydrogens (primary N) is 1. The number of nitrogens with zero attached hydrogens (tertiary/aromatic N) is 1. The summed E-state index contributed by atoms with van der Waals surface area (Å²) in [6, 6.07) is 5.62. The van der Waals surface area contributed by atoms with E-state index in [1.165, 1.54) is 0 Å². The van der Waals surface area contributed by atoms with E-state index in [0.717, 1.165) is 31.6 Å². The van der Waals surface area contributed by atoms with Crippen LogP contribution in [0.5, 0.6) is 0 Å². The van der Waals surface area contributed by atoms with E-state index >= 15 is 0 Å². The van der Waals surface area contributed by atoms with Gasteiger partial charge in [-0.05, 0) is 30.9 Å². The van der Waals surface area contributed by atoms with Gasteiger partial charge in [0, 0.05) is 19.5 Å². The Bertz CT molecular complexity index is 443. The predicted molar refractivity (Wildman–Crippen MR) is 73.1 cm³/mol. The Balaban J connectivity index is 2.01. The number of piperidine rings is 1. The van der Waals surface area contributed by atoms with Crippen LogP contribution in [-0.2, 0) is 4.79 Å². The minimum Gasteiger partial charge on any atom is -0.481 e. The number of anilines is 2. The van der Waals surface area contributed by atoms with Gasteiger partial charge in [0.1, 0.15) is 0 Å². The monoisotopic (exact) mass is 268 g/mol. The Morgan fingerprint density at radius 2 is 2.11 bits per heavy atom. The summed E-state index contributed by atoms with van der Waals surface area (Å²) in [5, 5.41) is 9.35. The van der Waals surface area contributed by atoms with Gasteiger partial charge in [0.2, 0.25) is 0 Å². The number of benzene rings is 1. The van der Waals surface area contributed by atoms with Crippen LogP contribution in [0.3, 0.4) is 0 Å². The number of halogens is 1. The lowest BCUT2D eigenvalue weighted by Gasteiger charge is -2.33. The summed E-state index contributed by atoms with van der Waals surface area (Å²) in [5.74, 6) is -0.435. The van der Waals surface area contributed by atoms with E-state index in [0.29, 0.717) is 10.7 Å². The minimum absolute atomic E-state index is 0.263. The average molecular weight is 269 g/mol. The molecule has 1 aliphatic heterocycles. The van der Waals surface area contributed by atoms with E-state index in [4.69, 9.17) is 22.4 Å². The van der Waals surface area contributed by atoms with Gasteiger partial charge in [0.25, 0.3) is 0 Å². The summed E-state index contributed by atoms with van der Waals surface area (Å²) in [4.78, 5) is 12.8. The Morgan fingerprint density at radius 3 is 2.72 bits per heavy atom. The van der Waals surface area contributed by atoms with Gasteiger partial charge in [-0.25, -0.2) is 0 Å². The number of nitrogen functional groups attached to an aromatic ring is 1. The van der Waals surface area contributed by atoms with Crippen molar-refractivity contribution in [2.75, 3.05) is 23.7 Å². The second-order valence-corrected chi connectivity index (χ2v) is 5.11. The highest BCUT2D eigenvalue weighted by Crippen LogP contribution is 2.33. The van der Waals surface area contributed by atoms with Crippen molar-refractivity contribution in [1.29, 1.82) is 0 Å². The summed E-state index contributed by atoms with van der Waals surface area (Å²) in [6.07, 6.45) is 2.04. The summed E-state index contributed by atoms with van der Waals surface area (Å²) in [5.41, 5.74) is 7.52. The van der Waals surface area contributed by atoms with Crippen molar-refractivity contribution >= 4 is 28.9 Å². The molecule has 0 atom stereocenters. The van der Waals surface area contributed by atoms with Crippen LogP contribution in [0.25, 0.3) is 0 Å². The van der Waals surface area contributed by atoms with Crippen LogP contribution < -0.4 is 10.6 Å². The van der Waals surface area contributed by atoms with E-state index in [1.807, 2.05) is 12.1 Å². The molecule has 5 heteroatoms. The van der Waals surface area contributed by atoms with Gasteiger partial charge in [0.05, 0.1) is 16.4 Å². The lowest BCUT2D eigenvalue weighted by molar-refractivity contribution is -0.138. The largest absolute Gasteiger partial charge is 0.481 e. The molecule has 0 amide bonds. The lowest BCUT2D eigenvalue weighted by atomic mass is 9.93. The Hall–Kier alpha value is -1.42. The molecule has 98 valence electrons. The third kappa shape index (κ3) is 2.88. The van der Waals surface area contributed by atoms with Gasteiger partial charge in [-0.1, -0.05) is 17.7 Å². The zero-order chi connectivity index (χ0) is 13.1. The molecule has 0 aromatic heterocycles. The third-order valence-corrected chi connectivity index (χ3v) is 3.78. The molecule has 1 aromatic rings. The van der Waals surface area contributed by atoms with Crippen molar-refractivity contribution in [2.24, 2.45) is 5.92 Å². The van der Waals surface area contributed by atoms with Crippen molar-refractivity contribution in [1.82, 2.24) is 0 Å². The Morgan fingerprint density at radius 1 is 1.44 bits per heavy atom. The molecule has 1 aliphatic rings. The number of carboxylic acid groups (broad SMARTS) is 1. The SMILES string of the molecule is Nc1c(Cl)cccc1N1CCC(CC(=O)O)CC1. The van der Waals surface area contributed by atoms with E-state index in [1.54, 1.807) is 6.07 Å². The highest BCUT2D eigenvalue weighted by molar-refractivity contribution is 6.33. The van der Waals surface area contributed by atoms with Gasteiger partial charge < -0.3 is 15.7 Å². The van der Waals surface area contributed by atoms with E-state index < -0.39 is 5.97 Å². The first-order valence-corrected chi connectivity index (χ1v) is 6.46. The molecule has 0 radical (unpaired) electrons. The van der Waals surface area contributed by atoms with Crippen molar-refractivity contribution in [3.8, 4) is 0 Å². The van der Waals surface area contributed by atoms with Crippen molar-refractivity contribution in [3.05, 3.63) is 23.2 Å². The fraction of sp³-hybridized carbons (Fsp3) is 0.462. The quantitative estimate of drug-likeness (QED) is 0.827. The van der Waals surface area contributed by atoms with Crippen molar-refractivity contribution in [2.45, 2.75) is 19.3 Å². The predicted octanol–water partition coefficient (Wildman–Crippen LogP) is 2.61. The van der Waals surface area contributed by atoms with Gasteiger partial charge in [-0.15, -0.1) is 0 Å². The topological polar surface area (TPSA) is 66.6 Å². The average Bonchev–Trinajstić information content (AvgIpc) is 2.33. The molecule has 0 spiro atoms. The fourth-order valence-electron chi connectivity index (χ4n) is 2.43. The first-order valence-electron chi connectivity index (χ1n) is 6.08. The van der Waals surface area contributed by atoms with Crippen LogP contribution in [0.4, 0.5) is 11.4 Å². The number of aliphatic carboxylic acids is 1. The summed E-state index contributed by atoms with van der Waals surface area (Å²) in [7, 11) is 0. The van der Waals surface area contributed by atoms with Crippen LogP contribution in [0.15, 0.2) is 18.2 Å². The van der Waals surface area contributed by atoms with E-state index in [-0.39, 0.29) is 12.3 Å². The van der Waals surface area contributed by atoms with Crippen LogP contribution in [0.2, 0.25) is 5.02 Å². The summed E-state index contributed by atoms with van der Waals surface area (Å²) in [6.45, 7) is 1.67. The molecular weight excluding hydrogens is 252 g/mol. The van der Waals surface area contributed by atoms with Gasteiger partial charge in [0.15, 0.2) is 0 Å². The maximum absolute atomic E-state index is 10.7. The van der Waals surface area contributed by atoms with Crippen LogP contribution >= 0.6 is 11.6 Å². The van der Waals surface area contributed by atoms with E-state index in [2.05, 4.69) is 4.90 Å². The molecule has 18 heavy (non-hydrogen) atoms. The summed E-state index contributed by atoms with van der Waals surface area (Å²) >= 11 is 6.00. The highest BCUT2D eigenvalue weighted by atomic mass is 35.5. The van der Waals surface area contributed by atoms with E-state index in [9.17, 15) is 4.79 Å². The molecule has 1 heterocycles. The summed E-state index contributed by atoms with van der Waals surface area (Å²) < 4.78 is 0. The maximum atomic E-state index is 10.7. The number of rotatable bonds is 3. The number of carboxylic acids is 1. The Kier molecular flexibility index (Phi) is 3.97. The standard InChI is InChI=1S/C13H17ClN2O2/c14-10-2-1-3-11(13(10)15)16-6-4-9(5-7-16)8-12(17)18/h1-3,9H,4-8,15H2,(H,17,18). The molecular formula is C13H17ClN2O2. The first-order chi connectivity index (χ1) is 8.58. The molecule has 1 aromatic carbocycles. The normalized spacial score (nSPS) is 16.8. The molecule has 0 unspecified atom stereocenters. The number of carbonyl (C=O) groups is 1. The number of hydrogen-bond acceptors (Lipinski definition) is 3. The van der Waals surface area contributed by atoms with Gasteiger partial charge >= 0.3 is 5.97 Å². The van der Waals surface area contributed by atoms with Crippen LogP contribution in [-0.4, -0.2) is 24.2 Å². The molecule has 1 saturated heterocycles. The molecule has 3 N–H and O–H groups in total. The second kappa shape index (κ2) is 5.48. The van der Waals surface area contributed by atoms with Crippen molar-refractivity contribution in [3.63, 3.8) is 0 Å². The Labute approximate surface area is 111 Å². The molecule has 4 nitrogen and oxygen atoms in total. The number of para-hydroxylation sites is 1. The van der Waals surface area contributed by atoms with Gasteiger partial charge in [-0.2, -0.15) is 0 Å². The van der Waals surface area contributed by atoms with Crippen LogP contribution in [0, 0.1) is 5.92 Å². The van der Waals surface area contributed by atoms with Gasteiger partial charge in [-0.3, -0.25) is 4.79 Å². The highest BCUT2D eigenvalue weighted by Gasteiger charge is 2.22. The molecule has 0 aliphatic carbocycles. The smallest absolute Gasteiger partial charge is 0.303 e. The number of hydrogen-bond donors (Lipinski definition) is 2. The van der Waals surface area contributed by atoms with Crippen molar-refractivity contribution < 1.29 is 9.90 Å². The maximum Gasteiger partial charge on any atom is 0.303 e. The molecule has 2 rings (SSSR count). The zero-order valence-corrected chi connectivity index (χ0v) is 10.9. The second-order valence-electron chi connectivity index (χ2n) is 4.70. The third-order valence-electron chi connectivity index (χ3n) is 3.45. The zero-order valence-electron chi connectivity index (χ0n) is 10.1. The molecule has 0 bridgehead atoms. The van der Waals surface area contributed by atoms with Crippen LogP contribution in [0.1, 0.15) is 19.3 Å². The molecule has 1 fully saturated rings. The lowest BCUT2D eigenvalue weighted by Crippen LogP contribution is -2.34.